The van der Waals surface area contributed by atoms with Crippen LogP contribution in [0.4, 0.5) is 13.2 Å². The van der Waals surface area contributed by atoms with E-state index in [9.17, 15) is 22.8 Å². The fourth-order valence-electron chi connectivity index (χ4n) is 2.00. The molecule has 0 aliphatic carbocycles. The first-order chi connectivity index (χ1) is 10.9. The molecular weight excluding hydrogens is 313 g/mol. The van der Waals surface area contributed by atoms with Crippen LogP contribution in [0.15, 0.2) is 41.8 Å². The quantitative estimate of drug-likeness (QED) is 0.812. The Balaban J connectivity index is 1.87. The van der Waals surface area contributed by atoms with Crippen LogP contribution in [-0.2, 0) is 24.1 Å². The van der Waals surface area contributed by atoms with E-state index in [2.05, 4.69) is 10.3 Å². The Morgan fingerprint density at radius 1 is 1.30 bits per heavy atom. The van der Waals surface area contributed by atoms with Gasteiger partial charge in [0.2, 0.25) is 5.91 Å². The topological polar surface area (TPSA) is 68.9 Å². The number of nitrogens with zero attached hydrogens (tertiary/aromatic N) is 3. The third-order valence-corrected chi connectivity index (χ3v) is 3.11. The first kappa shape index (κ1) is 16.8. The van der Waals surface area contributed by atoms with Crippen molar-refractivity contribution < 1.29 is 18.0 Å². The number of carbonyl (C=O) groups is 1. The van der Waals surface area contributed by atoms with Crippen LogP contribution in [0.1, 0.15) is 12.0 Å². The lowest BCUT2D eigenvalue weighted by Gasteiger charge is -2.10. The van der Waals surface area contributed by atoms with E-state index in [1.165, 1.54) is 0 Å². The highest BCUT2D eigenvalue weighted by Crippen LogP contribution is 2.25. The number of carbonyl (C=O) groups excluding carboxylic acids is 1. The second-order valence-corrected chi connectivity index (χ2v) is 4.86. The van der Waals surface area contributed by atoms with Crippen LogP contribution < -0.4 is 10.9 Å². The van der Waals surface area contributed by atoms with Crippen LogP contribution in [0.2, 0.25) is 0 Å². The highest BCUT2D eigenvalue weighted by molar-refractivity contribution is 5.75. The number of hydrogen-bond donors (Lipinski definition) is 1. The van der Waals surface area contributed by atoms with Crippen molar-refractivity contribution in [1.29, 1.82) is 0 Å². The monoisotopic (exact) mass is 328 g/mol. The minimum atomic E-state index is -4.73. The maximum Gasteiger partial charge on any atom is 0.421 e. The van der Waals surface area contributed by atoms with E-state index < -0.39 is 29.8 Å². The number of hydrogen-bond acceptors (Lipinski definition) is 3. The molecule has 0 bridgehead atoms. The minimum absolute atomic E-state index is 0.352. The van der Waals surface area contributed by atoms with Crippen LogP contribution in [-0.4, -0.2) is 26.6 Å². The summed E-state index contributed by atoms with van der Waals surface area (Å²) in [5.74, 6) is -0.517. The normalized spacial score (nSPS) is 11.4. The number of aryl methyl sites for hydroxylation is 1. The molecule has 0 aromatic carbocycles. The molecule has 0 radical (unpaired) electrons. The van der Waals surface area contributed by atoms with Gasteiger partial charge in [0.15, 0.2) is 0 Å². The number of imidazole rings is 1. The first-order valence-corrected chi connectivity index (χ1v) is 6.87. The lowest BCUT2D eigenvalue weighted by atomic mass is 10.2. The Hall–Kier alpha value is -2.58. The molecule has 23 heavy (non-hydrogen) atoms. The Kier molecular flexibility index (Phi) is 5.20. The van der Waals surface area contributed by atoms with E-state index in [0.717, 1.165) is 16.8 Å². The Morgan fingerprint density at radius 2 is 2.09 bits per heavy atom. The van der Waals surface area contributed by atoms with Gasteiger partial charge in [0.05, 0.1) is 6.33 Å². The summed E-state index contributed by atoms with van der Waals surface area (Å²) in [7, 11) is 0. The Morgan fingerprint density at radius 3 is 2.74 bits per heavy atom. The molecule has 0 aliphatic rings. The second kappa shape index (κ2) is 7.12. The Bertz CT molecular complexity index is 708. The van der Waals surface area contributed by atoms with Crippen molar-refractivity contribution in [2.45, 2.75) is 25.7 Å². The van der Waals surface area contributed by atoms with Crippen LogP contribution in [0, 0.1) is 0 Å². The molecule has 1 N–H and O–H groups in total. The molecule has 0 saturated carbocycles. The van der Waals surface area contributed by atoms with Gasteiger partial charge in [-0.15, -0.1) is 0 Å². The first-order valence-electron chi connectivity index (χ1n) is 6.87. The van der Waals surface area contributed by atoms with Crippen LogP contribution in [0.25, 0.3) is 0 Å². The van der Waals surface area contributed by atoms with Gasteiger partial charge in [-0.1, -0.05) is 0 Å². The smallest absolute Gasteiger partial charge is 0.354 e. The number of aromatic nitrogens is 3. The molecule has 9 heteroatoms. The van der Waals surface area contributed by atoms with Gasteiger partial charge in [-0.3, -0.25) is 9.59 Å². The van der Waals surface area contributed by atoms with Gasteiger partial charge >= 0.3 is 6.18 Å². The van der Waals surface area contributed by atoms with Crippen molar-refractivity contribution in [2.75, 3.05) is 6.54 Å². The molecule has 2 rings (SSSR count). The molecule has 0 saturated heterocycles. The van der Waals surface area contributed by atoms with Crippen molar-refractivity contribution in [3.05, 3.63) is 53.0 Å². The van der Waals surface area contributed by atoms with Crippen molar-refractivity contribution in [3.8, 4) is 0 Å². The van der Waals surface area contributed by atoms with Crippen molar-refractivity contribution in [2.24, 2.45) is 0 Å². The van der Waals surface area contributed by atoms with Gasteiger partial charge in [0.25, 0.3) is 5.56 Å². The lowest BCUT2D eigenvalue weighted by molar-refractivity contribution is -0.139. The molecule has 2 aromatic rings. The summed E-state index contributed by atoms with van der Waals surface area (Å²) in [5.41, 5.74) is -2.51. The zero-order chi connectivity index (χ0) is 16.9. The summed E-state index contributed by atoms with van der Waals surface area (Å²) >= 11 is 0. The zero-order valence-electron chi connectivity index (χ0n) is 12.1. The molecule has 124 valence electrons. The number of alkyl halides is 3. The maximum absolute atomic E-state index is 12.6. The third kappa shape index (κ3) is 4.70. The standard InChI is InChI=1S/C14H15F3N4O2/c15-14(16,17)11-3-1-7-21(13(11)23)9-12(22)19-4-2-6-20-8-5-18-10-20/h1,3,5,7-8,10H,2,4,6,9H2,(H,19,22). The number of nitrogens with one attached hydrogen (secondary N) is 1. The summed E-state index contributed by atoms with van der Waals surface area (Å²) < 4.78 is 40.5. The highest BCUT2D eigenvalue weighted by atomic mass is 19.4. The largest absolute Gasteiger partial charge is 0.421 e. The number of rotatable bonds is 6. The number of pyridine rings is 1. The molecule has 0 atom stereocenters. The molecule has 2 aromatic heterocycles. The molecule has 2 heterocycles. The van der Waals surface area contributed by atoms with Crippen molar-refractivity contribution >= 4 is 5.91 Å². The van der Waals surface area contributed by atoms with E-state index in [4.69, 9.17) is 0 Å². The van der Waals surface area contributed by atoms with Gasteiger partial charge < -0.3 is 14.5 Å². The summed E-state index contributed by atoms with van der Waals surface area (Å²) in [6.07, 6.45) is 2.12. The Labute approximate surface area is 129 Å². The molecular formula is C14H15F3N4O2. The van der Waals surface area contributed by atoms with Gasteiger partial charge in [-0.05, 0) is 18.6 Å². The predicted molar refractivity (Wildman–Crippen MR) is 75.6 cm³/mol. The summed E-state index contributed by atoms with van der Waals surface area (Å²) in [4.78, 5) is 27.3. The van der Waals surface area contributed by atoms with E-state index in [-0.39, 0.29) is 0 Å². The highest BCUT2D eigenvalue weighted by Gasteiger charge is 2.34. The lowest BCUT2D eigenvalue weighted by Crippen LogP contribution is -2.35. The molecule has 0 aliphatic heterocycles. The van der Waals surface area contributed by atoms with Crippen LogP contribution in [0.3, 0.4) is 0 Å². The van der Waals surface area contributed by atoms with Crippen LogP contribution in [0.5, 0.6) is 0 Å². The summed E-state index contributed by atoms with van der Waals surface area (Å²) in [6, 6.07) is 1.79. The van der Waals surface area contributed by atoms with E-state index in [1.807, 2.05) is 4.57 Å². The average Bonchev–Trinajstić information content (AvgIpc) is 2.98. The van der Waals surface area contributed by atoms with E-state index in [0.29, 0.717) is 25.6 Å². The van der Waals surface area contributed by atoms with E-state index in [1.54, 1.807) is 18.7 Å². The average molecular weight is 328 g/mol. The zero-order valence-corrected chi connectivity index (χ0v) is 12.1. The molecule has 0 spiro atoms. The minimum Gasteiger partial charge on any atom is -0.354 e. The van der Waals surface area contributed by atoms with Gasteiger partial charge in [-0.2, -0.15) is 13.2 Å². The number of amides is 1. The summed E-state index contributed by atoms with van der Waals surface area (Å²) in [6.45, 7) is 0.558. The van der Waals surface area contributed by atoms with Crippen LogP contribution >= 0.6 is 0 Å². The number of halogens is 3. The van der Waals surface area contributed by atoms with E-state index >= 15 is 0 Å². The summed E-state index contributed by atoms with van der Waals surface area (Å²) in [5, 5.41) is 2.57. The maximum atomic E-state index is 12.6. The van der Waals surface area contributed by atoms with Crippen molar-refractivity contribution in [3.63, 3.8) is 0 Å². The molecule has 0 unspecified atom stereocenters. The second-order valence-electron chi connectivity index (χ2n) is 4.86. The van der Waals surface area contributed by atoms with Gasteiger partial charge in [-0.25, -0.2) is 4.98 Å². The molecule has 0 fully saturated rings. The SMILES string of the molecule is O=C(Cn1cccc(C(F)(F)F)c1=O)NCCCn1ccnc1. The fourth-order valence-corrected chi connectivity index (χ4v) is 2.00. The predicted octanol–water partition coefficient (Wildman–Crippen LogP) is 1.27. The van der Waals surface area contributed by atoms with Gasteiger partial charge in [0.1, 0.15) is 12.1 Å². The molecule has 1 amide bonds. The van der Waals surface area contributed by atoms with Crippen molar-refractivity contribution in [1.82, 2.24) is 19.4 Å². The van der Waals surface area contributed by atoms with Gasteiger partial charge in [0, 0.05) is 31.7 Å². The molecule has 6 nitrogen and oxygen atoms in total. The fraction of sp³-hybridized carbons (Fsp3) is 0.357. The third-order valence-electron chi connectivity index (χ3n) is 3.11.